The molecule has 0 radical (unpaired) electrons. The molecule has 10 nitrogen and oxygen atoms in total. The van der Waals surface area contributed by atoms with Crippen LogP contribution < -0.4 is 16.0 Å². The van der Waals surface area contributed by atoms with Crippen LogP contribution in [-0.2, 0) is 43.7 Å². The maximum absolute atomic E-state index is 13.4. The summed E-state index contributed by atoms with van der Waals surface area (Å²) in [4.78, 5) is 37.5. The topological polar surface area (TPSA) is 147 Å². The molecule has 482 valence electrons. The number of carbonyl (C=O) groups excluding carboxylic acids is 3. The third-order valence-electron chi connectivity index (χ3n) is 12.3. The number of aliphatic hydroxyl groups is 1. The average Bonchev–Trinajstić information content (AvgIpc) is 1.69. The van der Waals surface area contributed by atoms with Gasteiger partial charge in [-0.25, -0.2) is 0 Å². The van der Waals surface area contributed by atoms with Crippen molar-refractivity contribution in [1.82, 2.24) is 0 Å². The van der Waals surface area contributed by atoms with Crippen LogP contribution in [0.15, 0.2) is 169 Å². The number of amides is 3. The van der Waals surface area contributed by atoms with E-state index in [1.54, 1.807) is 30.3 Å². The predicted molar refractivity (Wildman–Crippen MR) is 300 cm³/mol. The molecule has 9 rings (SSSR count). The summed E-state index contributed by atoms with van der Waals surface area (Å²) in [5.41, 5.74) is -4.64. The smallest absolute Gasteiger partial charge is 0.450 e. The van der Waals surface area contributed by atoms with Crippen LogP contribution in [0.4, 0.5) is 96.1 Å². The van der Waals surface area contributed by atoms with Crippen molar-refractivity contribution in [3.05, 3.63) is 229 Å². The van der Waals surface area contributed by atoms with Crippen LogP contribution in [0.3, 0.4) is 0 Å². The fraction of sp³-hybridized carbons (Fsp3) is 0.177. The van der Waals surface area contributed by atoms with Gasteiger partial charge in [0.25, 0.3) is 17.7 Å². The van der Waals surface area contributed by atoms with E-state index in [2.05, 4.69) is 31.9 Å². The largest absolute Gasteiger partial charge is 0.451 e. The zero-order chi connectivity index (χ0) is 66.6. The Morgan fingerprint density at radius 1 is 0.385 bits per heavy atom. The molecule has 0 fully saturated rings. The lowest BCUT2D eigenvalue weighted by molar-refractivity contribution is -0.153. The number of anilines is 3. The van der Waals surface area contributed by atoms with E-state index >= 15 is 0 Å². The van der Waals surface area contributed by atoms with Gasteiger partial charge in [-0.15, -0.1) is 0 Å². The van der Waals surface area contributed by atoms with Crippen LogP contribution in [0, 0.1) is 20.8 Å². The van der Waals surface area contributed by atoms with Gasteiger partial charge in [0.15, 0.2) is 0 Å². The Labute approximate surface area is 511 Å². The monoisotopic (exact) mass is 1360 g/mol. The number of alkyl halides is 18. The van der Waals surface area contributed by atoms with Crippen LogP contribution in [0.2, 0.25) is 0 Å². The van der Waals surface area contributed by atoms with Gasteiger partial charge in [-0.2, -0.15) is 79.0 Å². The summed E-state index contributed by atoms with van der Waals surface area (Å²) >= 11 is 3.20. The molecule has 0 saturated carbocycles. The summed E-state index contributed by atoms with van der Waals surface area (Å²) in [6.07, 6.45) is -29.0. The summed E-state index contributed by atoms with van der Waals surface area (Å²) in [5.74, 6) is -9.05. The van der Waals surface area contributed by atoms with Crippen molar-refractivity contribution in [1.29, 1.82) is 0 Å². The van der Waals surface area contributed by atoms with E-state index in [0.717, 1.165) is 36.4 Å². The van der Waals surface area contributed by atoms with Crippen molar-refractivity contribution < 1.29 is 112 Å². The Morgan fingerprint density at radius 2 is 0.659 bits per heavy atom. The molecule has 0 spiro atoms. The number of rotatable bonds is 10. The number of carbonyl (C=O) groups is 3. The van der Waals surface area contributed by atoms with Gasteiger partial charge in [-0.3, -0.25) is 14.4 Å². The Hall–Kier alpha value is -9.25. The predicted octanol–water partition coefficient (Wildman–Crippen LogP) is 20.5. The maximum atomic E-state index is 13.4. The lowest BCUT2D eigenvalue weighted by atomic mass is 10.1. The normalized spacial score (nSPS) is 12.0. The molecule has 6 aromatic carbocycles. The van der Waals surface area contributed by atoms with Gasteiger partial charge in [0.05, 0.1) is 40.0 Å². The van der Waals surface area contributed by atoms with E-state index in [0.29, 0.717) is 33.8 Å². The van der Waals surface area contributed by atoms with Crippen molar-refractivity contribution in [3.63, 3.8) is 0 Å². The summed E-state index contributed by atoms with van der Waals surface area (Å²) in [6.45, 7) is 3.83. The highest BCUT2D eigenvalue weighted by atomic mass is 79.9. The van der Waals surface area contributed by atoms with Gasteiger partial charge in [0.1, 0.15) is 17.3 Å². The Kier molecular flexibility index (Phi) is 21.4. The number of halogens is 19. The van der Waals surface area contributed by atoms with Crippen LogP contribution in [0.1, 0.15) is 94.7 Å². The highest BCUT2D eigenvalue weighted by Gasteiger charge is 2.44. The molecule has 0 aliphatic rings. The lowest BCUT2D eigenvalue weighted by Crippen LogP contribution is -2.17. The second-order valence-corrected chi connectivity index (χ2v) is 20.3. The molecule has 0 bridgehead atoms. The van der Waals surface area contributed by atoms with E-state index < -0.39 is 105 Å². The van der Waals surface area contributed by atoms with E-state index in [1.165, 1.54) is 87.5 Å². The molecule has 0 aliphatic heterocycles. The van der Waals surface area contributed by atoms with E-state index in [1.807, 2.05) is 0 Å². The van der Waals surface area contributed by atoms with E-state index in [-0.39, 0.29) is 76.2 Å². The quantitative estimate of drug-likeness (QED) is 0.0997. The van der Waals surface area contributed by atoms with Gasteiger partial charge < -0.3 is 34.3 Å². The van der Waals surface area contributed by atoms with Crippen molar-refractivity contribution in [3.8, 4) is 34.0 Å². The molecule has 0 atom stereocenters. The summed E-state index contributed by atoms with van der Waals surface area (Å²) in [5, 5.41) is 15.3. The molecule has 0 unspecified atom stereocenters. The number of hydrogen-bond donors (Lipinski definition) is 4. The number of hydrogen-bond acceptors (Lipinski definition) is 7. The Morgan fingerprint density at radius 3 is 0.923 bits per heavy atom. The van der Waals surface area contributed by atoms with Crippen LogP contribution in [0.5, 0.6) is 0 Å². The van der Waals surface area contributed by atoms with Crippen molar-refractivity contribution in [2.45, 2.75) is 71.9 Å². The standard InChI is InChI=1S/C21H15F6NO3.C20H12BrF6NO2.C20H13F6NO2.CH4/c1-11-6-14(20(22,23)24)8-15(7-11)28-19(30)16-9-17(31-18(16)21(25,26)27)13-4-2-12(10-29)3-5-13;1-10-6-12(19(22,23)24)8-14(7-10)28-18(29)15-9-16(30-17(15)20(25,26)27)11-2-4-13(21)5-3-11;1-11-7-13(19(21,22)23)9-14(8-11)27-18(28)15-10-16(12-5-3-2-4-6-12)29-17(15)20(24,25)26;/h2-9,29H,10H2,1H3,(H,28,30);2-9H,1H3,(H,28,29);2-10H,1H3,(H,27,28);1H4. The first-order valence-corrected chi connectivity index (χ1v) is 26.1. The van der Waals surface area contributed by atoms with Gasteiger partial charge in [0.2, 0.25) is 17.3 Å². The summed E-state index contributed by atoms with van der Waals surface area (Å²) in [7, 11) is 0. The fourth-order valence-corrected chi connectivity index (χ4v) is 8.64. The Bertz CT molecular complexity index is 4050. The molecule has 4 N–H and O–H groups in total. The van der Waals surface area contributed by atoms with Crippen LogP contribution in [0.25, 0.3) is 34.0 Å². The van der Waals surface area contributed by atoms with E-state index in [9.17, 15) is 93.4 Å². The fourth-order valence-electron chi connectivity index (χ4n) is 8.38. The first-order valence-electron chi connectivity index (χ1n) is 25.3. The molecular weight excluding hydrogens is 1320 g/mol. The minimum absolute atomic E-state index is 0. The summed E-state index contributed by atoms with van der Waals surface area (Å²) in [6, 6.07) is 30.5. The number of aryl methyl sites for hydroxylation is 3. The molecule has 0 aliphatic carbocycles. The molecule has 9 aromatic rings. The number of nitrogens with one attached hydrogen (secondary N) is 3. The van der Waals surface area contributed by atoms with Crippen LogP contribution in [-0.4, -0.2) is 22.8 Å². The number of aliphatic hydroxyl groups excluding tert-OH is 1. The SMILES string of the molecule is C.Cc1cc(NC(=O)c2cc(-c3ccc(Br)cc3)oc2C(F)(F)F)cc(C(F)(F)F)c1.Cc1cc(NC(=O)c2cc(-c3ccc(CO)cc3)oc2C(F)(F)F)cc(C(F)(F)F)c1.Cc1cc(NC(=O)c2cc(-c3ccccc3)oc2C(F)(F)F)cc(C(F)(F)F)c1. The molecule has 0 saturated heterocycles. The second kappa shape index (κ2) is 27.5. The lowest BCUT2D eigenvalue weighted by Gasteiger charge is -2.12. The van der Waals surface area contributed by atoms with Gasteiger partial charge in [-0.1, -0.05) is 90.1 Å². The molecule has 3 aromatic heterocycles. The Balaban J connectivity index is 0.000000216. The van der Waals surface area contributed by atoms with Gasteiger partial charge in [-0.05, 0) is 128 Å². The molecule has 3 amide bonds. The van der Waals surface area contributed by atoms with Gasteiger partial charge >= 0.3 is 37.1 Å². The molecule has 29 heteroatoms. The first-order chi connectivity index (χ1) is 41.7. The van der Waals surface area contributed by atoms with E-state index in [4.69, 9.17) is 18.4 Å². The van der Waals surface area contributed by atoms with Crippen LogP contribution >= 0.6 is 15.9 Å². The minimum Gasteiger partial charge on any atom is -0.451 e. The number of furan rings is 3. The third-order valence-corrected chi connectivity index (χ3v) is 12.8. The average molecular weight is 1360 g/mol. The van der Waals surface area contributed by atoms with Crippen molar-refractivity contribution in [2.24, 2.45) is 0 Å². The zero-order valence-electron chi connectivity index (χ0n) is 45.7. The zero-order valence-corrected chi connectivity index (χ0v) is 47.3. The highest BCUT2D eigenvalue weighted by molar-refractivity contribution is 9.10. The van der Waals surface area contributed by atoms with Gasteiger partial charge in [0, 0.05) is 38.2 Å². The number of benzene rings is 6. The highest BCUT2D eigenvalue weighted by Crippen LogP contribution is 2.42. The maximum Gasteiger partial charge on any atom is 0.450 e. The molecule has 3 heterocycles. The van der Waals surface area contributed by atoms with Crippen molar-refractivity contribution in [2.75, 3.05) is 16.0 Å². The molecule has 91 heavy (non-hydrogen) atoms. The first kappa shape index (κ1) is 70.8. The minimum atomic E-state index is -5.01. The second-order valence-electron chi connectivity index (χ2n) is 19.4. The third kappa shape index (κ3) is 18.4. The molecular formula is C62H44BrF18N3O7. The summed E-state index contributed by atoms with van der Waals surface area (Å²) < 4.78 is 252. The van der Waals surface area contributed by atoms with Crippen molar-refractivity contribution >= 4 is 50.7 Å².